The molecule has 0 bridgehead atoms. The Bertz CT molecular complexity index is 450. The maximum Gasteiger partial charge on any atom is 0.141 e. The van der Waals surface area contributed by atoms with Gasteiger partial charge < -0.3 is 9.84 Å². The Hall–Kier alpha value is -0.490. The molecule has 13 heavy (non-hydrogen) atoms. The van der Waals surface area contributed by atoms with Gasteiger partial charge in [-0.2, -0.15) is 0 Å². The fraction of sp³-hybridized carbons (Fsp3) is 0.111. The molecule has 0 fully saturated rings. The van der Waals surface area contributed by atoms with Gasteiger partial charge >= 0.3 is 0 Å². The first kappa shape index (κ1) is 9.08. The zero-order valence-electron chi connectivity index (χ0n) is 6.87. The number of halogens is 1. The first-order valence-electron chi connectivity index (χ1n) is 3.66. The molecule has 1 heterocycles. The molecule has 2 nitrogen and oxygen atoms in total. The topological polar surface area (TPSA) is 29.5 Å². The van der Waals surface area contributed by atoms with E-state index < -0.39 is 0 Å². The summed E-state index contributed by atoms with van der Waals surface area (Å²) in [6, 6.07) is 3.68. The minimum atomic E-state index is 0.329. The number of phenols is 1. The van der Waals surface area contributed by atoms with E-state index >= 15 is 0 Å². The third-order valence-electron chi connectivity index (χ3n) is 1.83. The monoisotopic (exact) mass is 306 g/mol. The van der Waals surface area contributed by atoms with Crippen molar-refractivity contribution in [3.63, 3.8) is 0 Å². The summed E-state index contributed by atoms with van der Waals surface area (Å²) < 4.78 is 7.08. The lowest BCUT2D eigenvalue weighted by Gasteiger charge is -2.05. The SMILES string of the molecule is COc1c(I)cc(O)c2sccc12. The van der Waals surface area contributed by atoms with Gasteiger partial charge in [0.2, 0.25) is 0 Å². The quantitative estimate of drug-likeness (QED) is 0.820. The zero-order valence-corrected chi connectivity index (χ0v) is 9.85. The van der Waals surface area contributed by atoms with Crippen molar-refractivity contribution in [1.29, 1.82) is 0 Å². The number of rotatable bonds is 1. The lowest BCUT2D eigenvalue weighted by atomic mass is 10.2. The van der Waals surface area contributed by atoms with Crippen molar-refractivity contribution >= 4 is 44.0 Å². The minimum absolute atomic E-state index is 0.329. The summed E-state index contributed by atoms with van der Waals surface area (Å²) in [7, 11) is 1.64. The van der Waals surface area contributed by atoms with Crippen LogP contribution in [-0.4, -0.2) is 12.2 Å². The Labute approximate surface area is 93.3 Å². The van der Waals surface area contributed by atoms with E-state index in [4.69, 9.17) is 4.74 Å². The maximum atomic E-state index is 9.61. The van der Waals surface area contributed by atoms with E-state index in [1.54, 1.807) is 13.2 Å². The highest BCUT2D eigenvalue weighted by molar-refractivity contribution is 14.1. The van der Waals surface area contributed by atoms with Crippen LogP contribution in [0.15, 0.2) is 17.5 Å². The summed E-state index contributed by atoms with van der Waals surface area (Å²) >= 11 is 3.67. The van der Waals surface area contributed by atoms with Crippen LogP contribution in [-0.2, 0) is 0 Å². The van der Waals surface area contributed by atoms with Gasteiger partial charge in [0, 0.05) is 5.39 Å². The van der Waals surface area contributed by atoms with Gasteiger partial charge in [0.05, 0.1) is 15.4 Å². The first-order chi connectivity index (χ1) is 6.24. The molecule has 0 unspecified atom stereocenters. The molecule has 0 saturated carbocycles. The van der Waals surface area contributed by atoms with E-state index in [9.17, 15) is 5.11 Å². The molecular formula is C9H7IO2S. The van der Waals surface area contributed by atoms with Crippen molar-refractivity contribution in [3.05, 3.63) is 21.1 Å². The highest BCUT2D eigenvalue weighted by Crippen LogP contribution is 2.39. The normalized spacial score (nSPS) is 10.6. The summed E-state index contributed by atoms with van der Waals surface area (Å²) in [5, 5.41) is 12.5. The molecule has 2 rings (SSSR count). The van der Waals surface area contributed by atoms with Gasteiger partial charge in [0.1, 0.15) is 11.5 Å². The summed E-state index contributed by atoms with van der Waals surface area (Å²) in [5.41, 5.74) is 0. The van der Waals surface area contributed by atoms with E-state index in [2.05, 4.69) is 22.6 Å². The van der Waals surface area contributed by atoms with Gasteiger partial charge in [-0.25, -0.2) is 0 Å². The van der Waals surface area contributed by atoms with E-state index in [0.29, 0.717) is 5.75 Å². The molecule has 0 radical (unpaired) electrons. The molecule has 1 aromatic carbocycles. The average Bonchev–Trinajstić information content (AvgIpc) is 2.53. The predicted molar refractivity (Wildman–Crippen MR) is 62.8 cm³/mol. The second-order valence-corrected chi connectivity index (χ2v) is 4.65. The van der Waals surface area contributed by atoms with Crippen LogP contribution in [0, 0.1) is 3.57 Å². The number of hydrogen-bond acceptors (Lipinski definition) is 3. The standard InChI is InChI=1S/C9H7IO2S/c1-12-8-5-2-3-13-9(5)7(11)4-6(8)10/h2-4,11H,1H3. The van der Waals surface area contributed by atoms with Crippen LogP contribution < -0.4 is 4.74 Å². The van der Waals surface area contributed by atoms with Crippen molar-refractivity contribution in [2.75, 3.05) is 7.11 Å². The van der Waals surface area contributed by atoms with Gasteiger partial charge in [0.25, 0.3) is 0 Å². The van der Waals surface area contributed by atoms with Crippen LogP contribution in [0.3, 0.4) is 0 Å². The molecule has 68 valence electrons. The maximum absolute atomic E-state index is 9.61. The molecule has 0 atom stereocenters. The Kier molecular flexibility index (Phi) is 2.33. The van der Waals surface area contributed by atoms with Gasteiger partial charge in [0.15, 0.2) is 0 Å². The summed E-state index contributed by atoms with van der Waals surface area (Å²) in [6.07, 6.45) is 0. The van der Waals surface area contributed by atoms with Crippen LogP contribution in [0.25, 0.3) is 10.1 Å². The largest absolute Gasteiger partial charge is 0.506 e. The molecule has 4 heteroatoms. The lowest BCUT2D eigenvalue weighted by Crippen LogP contribution is -1.86. The lowest BCUT2D eigenvalue weighted by molar-refractivity contribution is 0.415. The predicted octanol–water partition coefficient (Wildman–Crippen LogP) is 3.22. The van der Waals surface area contributed by atoms with E-state index in [0.717, 1.165) is 19.4 Å². The number of thiophene rings is 1. The van der Waals surface area contributed by atoms with Crippen LogP contribution in [0.2, 0.25) is 0 Å². The number of phenolic OH excluding ortho intramolecular Hbond substituents is 1. The Morgan fingerprint density at radius 3 is 3.00 bits per heavy atom. The Morgan fingerprint density at radius 1 is 1.54 bits per heavy atom. The van der Waals surface area contributed by atoms with Crippen LogP contribution >= 0.6 is 33.9 Å². The Balaban J connectivity index is 2.88. The number of fused-ring (bicyclic) bond motifs is 1. The summed E-state index contributed by atoms with van der Waals surface area (Å²) in [6.45, 7) is 0. The molecule has 1 N–H and O–H groups in total. The van der Waals surface area contributed by atoms with Crippen LogP contribution in [0.4, 0.5) is 0 Å². The first-order valence-corrected chi connectivity index (χ1v) is 5.62. The van der Waals surface area contributed by atoms with Crippen LogP contribution in [0.1, 0.15) is 0 Å². The van der Waals surface area contributed by atoms with Crippen LogP contribution in [0.5, 0.6) is 11.5 Å². The Morgan fingerprint density at radius 2 is 2.31 bits per heavy atom. The van der Waals surface area contributed by atoms with Gasteiger partial charge in [-0.1, -0.05) is 0 Å². The molecule has 2 aromatic rings. The zero-order chi connectivity index (χ0) is 9.42. The van der Waals surface area contributed by atoms with Crippen molar-refractivity contribution in [3.8, 4) is 11.5 Å². The van der Waals surface area contributed by atoms with Crippen molar-refractivity contribution in [1.82, 2.24) is 0 Å². The fourth-order valence-corrected chi connectivity index (χ4v) is 2.89. The highest BCUT2D eigenvalue weighted by atomic mass is 127. The minimum Gasteiger partial charge on any atom is -0.506 e. The smallest absolute Gasteiger partial charge is 0.141 e. The molecule has 0 aliphatic heterocycles. The van der Waals surface area contributed by atoms with Gasteiger partial charge in [-0.05, 0) is 40.1 Å². The number of benzene rings is 1. The third-order valence-corrected chi connectivity index (χ3v) is 3.57. The van der Waals surface area contributed by atoms with E-state index in [-0.39, 0.29) is 0 Å². The summed E-state index contributed by atoms with van der Waals surface area (Å²) in [4.78, 5) is 0. The number of methoxy groups -OCH3 is 1. The second kappa shape index (κ2) is 3.34. The van der Waals surface area contributed by atoms with Crippen molar-refractivity contribution < 1.29 is 9.84 Å². The molecule has 1 aromatic heterocycles. The molecule has 0 saturated heterocycles. The fourth-order valence-electron chi connectivity index (χ4n) is 1.27. The average molecular weight is 306 g/mol. The number of hydrogen-bond donors (Lipinski definition) is 1. The number of aromatic hydroxyl groups is 1. The molecule has 0 spiro atoms. The molecular weight excluding hydrogens is 299 g/mol. The number of ether oxygens (including phenoxy) is 1. The van der Waals surface area contributed by atoms with Gasteiger partial charge in [-0.3, -0.25) is 0 Å². The van der Waals surface area contributed by atoms with E-state index in [1.165, 1.54) is 11.3 Å². The molecule has 0 amide bonds. The van der Waals surface area contributed by atoms with Gasteiger partial charge in [-0.15, -0.1) is 11.3 Å². The molecule has 0 aliphatic carbocycles. The molecule has 0 aliphatic rings. The summed E-state index contributed by atoms with van der Waals surface area (Å²) in [5.74, 6) is 1.17. The highest BCUT2D eigenvalue weighted by Gasteiger charge is 2.10. The van der Waals surface area contributed by atoms with Crippen molar-refractivity contribution in [2.24, 2.45) is 0 Å². The second-order valence-electron chi connectivity index (χ2n) is 2.57. The third kappa shape index (κ3) is 1.38. The van der Waals surface area contributed by atoms with E-state index in [1.807, 2.05) is 11.4 Å². The van der Waals surface area contributed by atoms with Crippen molar-refractivity contribution in [2.45, 2.75) is 0 Å².